The van der Waals surface area contributed by atoms with Crippen molar-refractivity contribution in [2.45, 2.75) is 0 Å². The summed E-state index contributed by atoms with van der Waals surface area (Å²) in [4.78, 5) is 34.6. The van der Waals surface area contributed by atoms with E-state index in [9.17, 15) is 9.59 Å². The largest absolute Gasteiger partial charge is 0.494 e. The van der Waals surface area contributed by atoms with Crippen LogP contribution in [0.2, 0.25) is 5.02 Å². The summed E-state index contributed by atoms with van der Waals surface area (Å²) < 4.78 is 6.20. The monoisotopic (exact) mass is 493 g/mol. The summed E-state index contributed by atoms with van der Waals surface area (Å²) in [6.07, 6.45) is 0. The fraction of sp³-hybridized carbons (Fsp3) is 0.192. The lowest BCUT2D eigenvalue weighted by Gasteiger charge is -2.22. The Kier molecular flexibility index (Phi) is 7.26. The molecule has 0 spiro atoms. The number of carbonyl (C=O) groups excluding carboxylic acids is 2. The molecule has 174 valence electrons. The molecule has 0 saturated heterocycles. The average Bonchev–Trinajstić information content (AvgIpc) is 3.30. The van der Waals surface area contributed by atoms with E-state index >= 15 is 0 Å². The van der Waals surface area contributed by atoms with E-state index in [4.69, 9.17) is 21.3 Å². The van der Waals surface area contributed by atoms with Crippen molar-refractivity contribution < 1.29 is 14.3 Å². The van der Waals surface area contributed by atoms with E-state index in [-0.39, 0.29) is 11.7 Å². The molecule has 0 bridgehead atoms. The third-order valence-electron chi connectivity index (χ3n) is 5.34. The van der Waals surface area contributed by atoms with Crippen molar-refractivity contribution in [2.24, 2.45) is 0 Å². The van der Waals surface area contributed by atoms with Crippen molar-refractivity contribution in [1.82, 2.24) is 9.88 Å². The molecule has 1 amide bonds. The molecular weight excluding hydrogens is 470 g/mol. The van der Waals surface area contributed by atoms with Gasteiger partial charge in [-0.2, -0.15) is 0 Å². The number of carbonyl (C=O) groups is 2. The summed E-state index contributed by atoms with van der Waals surface area (Å²) in [5.41, 5.74) is 2.23. The highest BCUT2D eigenvalue weighted by Crippen LogP contribution is 2.39. The fourth-order valence-corrected chi connectivity index (χ4v) is 4.76. The lowest BCUT2D eigenvalue weighted by Crippen LogP contribution is -2.36. The van der Waals surface area contributed by atoms with E-state index in [1.807, 2.05) is 37.2 Å². The number of ketones is 1. The van der Waals surface area contributed by atoms with Gasteiger partial charge in [-0.15, -0.1) is 0 Å². The van der Waals surface area contributed by atoms with Crippen LogP contribution in [0, 0.1) is 0 Å². The molecule has 1 aromatic heterocycles. The average molecular weight is 494 g/mol. The first-order valence-corrected chi connectivity index (χ1v) is 11.9. The van der Waals surface area contributed by atoms with Crippen LogP contribution in [0.15, 0.2) is 66.7 Å². The summed E-state index contributed by atoms with van der Waals surface area (Å²) >= 11 is 7.75. The van der Waals surface area contributed by atoms with Gasteiger partial charge in [0.25, 0.3) is 5.91 Å². The summed E-state index contributed by atoms with van der Waals surface area (Å²) in [7, 11) is 5.48. The number of likely N-dealkylation sites (N-methyl/N-ethyl adjacent to an activating group) is 1. The summed E-state index contributed by atoms with van der Waals surface area (Å²) in [6, 6.07) is 19.3. The Morgan fingerprint density at radius 3 is 2.21 bits per heavy atom. The number of ether oxygens (including phenoxy) is 1. The van der Waals surface area contributed by atoms with Crippen molar-refractivity contribution in [3.05, 3.63) is 88.4 Å². The molecule has 4 aromatic rings. The summed E-state index contributed by atoms with van der Waals surface area (Å²) in [5.74, 6) is 0.317. The van der Waals surface area contributed by atoms with E-state index in [1.54, 1.807) is 60.5 Å². The number of hydrogen-bond donors (Lipinski definition) is 0. The Labute approximate surface area is 207 Å². The van der Waals surface area contributed by atoms with Gasteiger partial charge in [-0.05, 0) is 38.4 Å². The second kappa shape index (κ2) is 10.3. The first kappa shape index (κ1) is 23.9. The molecule has 0 unspecified atom stereocenters. The predicted octanol–water partition coefficient (Wildman–Crippen LogP) is 5.40. The number of hydrogen-bond acceptors (Lipinski definition) is 6. The molecule has 1 heterocycles. The first-order chi connectivity index (χ1) is 16.4. The summed E-state index contributed by atoms with van der Waals surface area (Å²) in [6.45, 7) is 1.09. The molecule has 0 fully saturated rings. The minimum absolute atomic E-state index is 0.0861. The maximum atomic E-state index is 13.6. The number of halogens is 1. The molecule has 34 heavy (non-hydrogen) atoms. The smallest absolute Gasteiger partial charge is 0.260 e. The molecule has 0 aliphatic rings. The number of aromatic nitrogens is 1. The second-order valence-electron chi connectivity index (χ2n) is 7.96. The van der Waals surface area contributed by atoms with Gasteiger partial charge in [0.1, 0.15) is 11.3 Å². The van der Waals surface area contributed by atoms with Crippen molar-refractivity contribution in [1.29, 1.82) is 0 Å². The lowest BCUT2D eigenvalue weighted by molar-refractivity contribution is 0.0982. The number of rotatable bonds is 8. The lowest BCUT2D eigenvalue weighted by atomic mass is 10.0. The Hall–Kier alpha value is -3.26. The van der Waals surface area contributed by atoms with Gasteiger partial charge < -0.3 is 9.64 Å². The molecule has 8 heteroatoms. The van der Waals surface area contributed by atoms with Crippen LogP contribution in [0.3, 0.4) is 0 Å². The van der Waals surface area contributed by atoms with E-state index in [2.05, 4.69) is 0 Å². The maximum Gasteiger partial charge on any atom is 0.260 e. The standard InChI is InChI=1S/C26H24ClN3O3S/c1-29(2)15-16-30(26-28-22-21(33-3)14-13-20(27)24(22)34-26)25(32)19-11-9-18(10-12-19)23(31)17-7-5-4-6-8-17/h4-14H,15-16H2,1-3H3. The number of benzene rings is 3. The fourth-order valence-electron chi connectivity index (χ4n) is 3.48. The number of nitrogens with zero attached hydrogens (tertiary/aromatic N) is 3. The molecular formula is C26H24ClN3O3S. The van der Waals surface area contributed by atoms with Crippen molar-refractivity contribution in [3.63, 3.8) is 0 Å². The maximum absolute atomic E-state index is 13.6. The SMILES string of the molecule is COc1ccc(Cl)c2sc(N(CCN(C)C)C(=O)c3ccc(C(=O)c4ccccc4)cc3)nc12. The normalized spacial score (nSPS) is 11.1. The zero-order valence-electron chi connectivity index (χ0n) is 19.1. The molecule has 0 radical (unpaired) electrons. The van der Waals surface area contributed by atoms with E-state index in [0.29, 0.717) is 51.2 Å². The van der Waals surface area contributed by atoms with Crippen LogP contribution in [-0.4, -0.2) is 55.9 Å². The number of thiazole rings is 1. The van der Waals surface area contributed by atoms with Crippen LogP contribution in [0.5, 0.6) is 5.75 Å². The van der Waals surface area contributed by atoms with Crippen LogP contribution in [0.1, 0.15) is 26.3 Å². The van der Waals surface area contributed by atoms with Crippen LogP contribution in [0.4, 0.5) is 5.13 Å². The van der Waals surface area contributed by atoms with Gasteiger partial charge >= 0.3 is 0 Å². The zero-order valence-corrected chi connectivity index (χ0v) is 20.7. The van der Waals surface area contributed by atoms with Gasteiger partial charge in [0.2, 0.25) is 0 Å². The van der Waals surface area contributed by atoms with E-state index in [1.165, 1.54) is 11.3 Å². The third-order valence-corrected chi connectivity index (χ3v) is 6.88. The topological polar surface area (TPSA) is 62.7 Å². The Bertz CT molecular complexity index is 1320. The minimum Gasteiger partial charge on any atom is -0.494 e. The van der Waals surface area contributed by atoms with E-state index in [0.717, 1.165) is 4.70 Å². The van der Waals surface area contributed by atoms with Crippen LogP contribution in [0.25, 0.3) is 10.2 Å². The Balaban J connectivity index is 1.66. The highest BCUT2D eigenvalue weighted by atomic mass is 35.5. The number of methoxy groups -OCH3 is 1. The predicted molar refractivity (Wildman–Crippen MR) is 138 cm³/mol. The third kappa shape index (κ3) is 4.97. The Morgan fingerprint density at radius 2 is 1.56 bits per heavy atom. The van der Waals surface area contributed by atoms with Gasteiger partial charge in [-0.25, -0.2) is 4.98 Å². The van der Waals surface area contributed by atoms with Crippen molar-refractivity contribution in [3.8, 4) is 5.75 Å². The number of anilines is 1. The second-order valence-corrected chi connectivity index (χ2v) is 9.34. The minimum atomic E-state index is -0.199. The van der Waals surface area contributed by atoms with Gasteiger partial charge in [0, 0.05) is 29.8 Å². The van der Waals surface area contributed by atoms with Crippen LogP contribution < -0.4 is 9.64 Å². The molecule has 3 aromatic carbocycles. The molecule has 0 aliphatic heterocycles. The van der Waals surface area contributed by atoms with E-state index < -0.39 is 0 Å². The Morgan fingerprint density at radius 1 is 0.912 bits per heavy atom. The number of fused-ring (bicyclic) bond motifs is 1. The number of amides is 1. The molecule has 0 atom stereocenters. The molecule has 0 N–H and O–H groups in total. The molecule has 4 rings (SSSR count). The summed E-state index contributed by atoms with van der Waals surface area (Å²) in [5, 5.41) is 1.10. The van der Waals surface area contributed by atoms with Gasteiger partial charge in [-0.1, -0.05) is 65.4 Å². The first-order valence-electron chi connectivity index (χ1n) is 10.7. The molecule has 0 aliphatic carbocycles. The molecule has 0 saturated carbocycles. The van der Waals surface area contributed by atoms with Crippen molar-refractivity contribution in [2.75, 3.05) is 39.2 Å². The highest BCUT2D eigenvalue weighted by Gasteiger charge is 2.23. The van der Waals surface area contributed by atoms with Gasteiger partial charge in [-0.3, -0.25) is 14.5 Å². The quantitative estimate of drug-likeness (QED) is 0.308. The van der Waals surface area contributed by atoms with Crippen molar-refractivity contribution >= 4 is 50.0 Å². The zero-order chi connectivity index (χ0) is 24.2. The van der Waals surface area contributed by atoms with Crippen LogP contribution >= 0.6 is 22.9 Å². The highest BCUT2D eigenvalue weighted by molar-refractivity contribution is 7.23. The van der Waals surface area contributed by atoms with Gasteiger partial charge in [0.15, 0.2) is 10.9 Å². The van der Waals surface area contributed by atoms with Gasteiger partial charge in [0.05, 0.1) is 16.8 Å². The van der Waals surface area contributed by atoms with Crippen LogP contribution in [-0.2, 0) is 0 Å². The molecule has 6 nitrogen and oxygen atoms in total.